The van der Waals surface area contributed by atoms with Crippen LogP contribution in [0.5, 0.6) is 5.75 Å². The van der Waals surface area contributed by atoms with Gasteiger partial charge in [-0.2, -0.15) is 4.31 Å². The van der Waals surface area contributed by atoms with Gasteiger partial charge in [0.1, 0.15) is 16.1 Å². The number of aliphatic hydroxyl groups is 1. The van der Waals surface area contributed by atoms with Crippen molar-refractivity contribution in [3.05, 3.63) is 41.3 Å². The third-order valence-electron chi connectivity index (χ3n) is 5.94. The summed E-state index contributed by atoms with van der Waals surface area (Å²) in [6.07, 6.45) is -0.576. The molecule has 0 saturated carbocycles. The van der Waals surface area contributed by atoms with Gasteiger partial charge in [0.15, 0.2) is 0 Å². The van der Waals surface area contributed by atoms with E-state index in [0.717, 1.165) is 11.3 Å². The number of rotatable bonds is 8. The Bertz CT molecular complexity index is 1170. The van der Waals surface area contributed by atoms with Crippen LogP contribution in [0.1, 0.15) is 38.1 Å². The normalized spacial score (nSPS) is 19.3. The maximum atomic E-state index is 13.5. The number of amides is 3. The number of hydrogen-bond donors (Lipinski definition) is 3. The second-order valence-electron chi connectivity index (χ2n) is 9.30. The van der Waals surface area contributed by atoms with Gasteiger partial charge in [0.2, 0.25) is 0 Å². The van der Waals surface area contributed by atoms with E-state index in [4.69, 9.17) is 4.74 Å². The Kier molecular flexibility index (Phi) is 8.98. The van der Waals surface area contributed by atoms with Crippen molar-refractivity contribution < 1.29 is 27.9 Å². The van der Waals surface area contributed by atoms with Gasteiger partial charge in [-0.3, -0.25) is 4.79 Å². The first-order chi connectivity index (χ1) is 16.9. The molecule has 3 atom stereocenters. The molecule has 1 aliphatic rings. The molecule has 0 spiro atoms. The molecule has 2 heterocycles. The van der Waals surface area contributed by atoms with Gasteiger partial charge in [0.25, 0.3) is 15.9 Å². The first-order valence-corrected chi connectivity index (χ1v) is 14.1. The number of nitrogens with one attached hydrogen (secondary N) is 2. The molecule has 0 radical (unpaired) electrons. The molecule has 2 aromatic rings. The van der Waals surface area contributed by atoms with Crippen LogP contribution in [0, 0.1) is 5.92 Å². The molecular formula is C24H34N4O6S2. The molecule has 0 aliphatic carbocycles. The highest BCUT2D eigenvalue weighted by molar-refractivity contribution is 7.91. The quantitative estimate of drug-likeness (QED) is 0.474. The van der Waals surface area contributed by atoms with Crippen LogP contribution in [0.3, 0.4) is 0 Å². The number of carbonyl (C=O) groups is 2. The zero-order valence-corrected chi connectivity index (χ0v) is 22.7. The summed E-state index contributed by atoms with van der Waals surface area (Å²) in [5.74, 6) is -0.306. The first-order valence-electron chi connectivity index (χ1n) is 11.7. The number of aliphatic hydroxyl groups excluding tert-OH is 1. The van der Waals surface area contributed by atoms with Crippen LogP contribution in [-0.2, 0) is 10.0 Å². The number of benzene rings is 1. The Morgan fingerprint density at radius 1 is 1.31 bits per heavy atom. The van der Waals surface area contributed by atoms with Crippen LogP contribution in [0.25, 0.3) is 0 Å². The van der Waals surface area contributed by atoms with E-state index in [1.54, 1.807) is 41.5 Å². The van der Waals surface area contributed by atoms with E-state index < -0.39 is 28.2 Å². The van der Waals surface area contributed by atoms with E-state index in [9.17, 15) is 23.1 Å². The van der Waals surface area contributed by atoms with Crippen molar-refractivity contribution >= 4 is 39.0 Å². The zero-order chi connectivity index (χ0) is 26.6. The lowest BCUT2D eigenvalue weighted by Gasteiger charge is -2.38. The summed E-state index contributed by atoms with van der Waals surface area (Å²) < 4.78 is 33.8. The lowest BCUT2D eigenvalue weighted by Crippen LogP contribution is -2.50. The number of thiophene rings is 1. The van der Waals surface area contributed by atoms with Crippen molar-refractivity contribution in [3.8, 4) is 5.75 Å². The van der Waals surface area contributed by atoms with Gasteiger partial charge in [0.05, 0.1) is 24.8 Å². The van der Waals surface area contributed by atoms with E-state index >= 15 is 0 Å². The molecule has 0 fully saturated rings. The number of nitrogens with zero attached hydrogens (tertiary/aromatic N) is 2. The molecule has 0 bridgehead atoms. The van der Waals surface area contributed by atoms with Gasteiger partial charge in [-0.05, 0) is 50.4 Å². The highest BCUT2D eigenvalue weighted by Crippen LogP contribution is 2.31. The highest BCUT2D eigenvalue weighted by atomic mass is 32.2. The largest absolute Gasteiger partial charge is 0.488 e. The molecule has 1 aliphatic heterocycles. The number of fused-ring (bicyclic) bond motifs is 1. The number of carbonyl (C=O) groups excluding carboxylic acids is 2. The predicted octanol–water partition coefficient (Wildman–Crippen LogP) is 2.82. The van der Waals surface area contributed by atoms with E-state index in [-0.39, 0.29) is 53.1 Å². The van der Waals surface area contributed by atoms with Crippen LogP contribution in [0.4, 0.5) is 10.5 Å². The minimum absolute atomic E-state index is 0.0627. The van der Waals surface area contributed by atoms with E-state index in [2.05, 4.69) is 10.6 Å². The number of likely N-dealkylation sites (N-methyl/N-ethyl adjacent to an activating group) is 1. The van der Waals surface area contributed by atoms with Crippen LogP contribution < -0.4 is 15.4 Å². The van der Waals surface area contributed by atoms with Crippen molar-refractivity contribution in [2.75, 3.05) is 32.1 Å². The van der Waals surface area contributed by atoms with Gasteiger partial charge in [-0.25, -0.2) is 13.2 Å². The molecule has 0 unspecified atom stereocenters. The Morgan fingerprint density at radius 3 is 2.64 bits per heavy atom. The topological polar surface area (TPSA) is 128 Å². The molecule has 3 N–H and O–H groups in total. The van der Waals surface area contributed by atoms with Crippen molar-refractivity contribution in [1.29, 1.82) is 0 Å². The van der Waals surface area contributed by atoms with Crippen LogP contribution >= 0.6 is 11.3 Å². The van der Waals surface area contributed by atoms with Crippen LogP contribution in [0.2, 0.25) is 0 Å². The second-order valence-corrected chi connectivity index (χ2v) is 12.5. The van der Waals surface area contributed by atoms with Crippen molar-refractivity contribution in [2.45, 2.75) is 50.1 Å². The SMILES string of the molecule is CC(C)NC(=O)Nc1ccc2c(c1)C(=O)N([C@@H](C)CO)C[C@@H](C)[C@H](CN(C)S(=O)(=O)c1cccs1)O2. The lowest BCUT2D eigenvalue weighted by molar-refractivity contribution is 0.0387. The molecule has 0 saturated heterocycles. The zero-order valence-electron chi connectivity index (χ0n) is 21.1. The second kappa shape index (κ2) is 11.6. The number of ether oxygens (including phenoxy) is 1. The number of anilines is 1. The molecular weight excluding hydrogens is 504 g/mol. The maximum Gasteiger partial charge on any atom is 0.319 e. The summed E-state index contributed by atoms with van der Waals surface area (Å²) in [6, 6.07) is 7.06. The van der Waals surface area contributed by atoms with Crippen molar-refractivity contribution in [3.63, 3.8) is 0 Å². The standard InChI is InChI=1S/C24H34N4O6S2/c1-15(2)25-24(31)26-18-8-9-20-19(11-18)23(30)28(17(4)14-29)12-16(3)21(34-20)13-27(5)36(32,33)22-7-6-10-35-22/h6-11,15-17,21,29H,12-14H2,1-5H3,(H2,25,26,31)/t16-,17+,21+/m1/s1. The van der Waals surface area contributed by atoms with Crippen molar-refractivity contribution in [2.24, 2.45) is 5.92 Å². The van der Waals surface area contributed by atoms with Gasteiger partial charge in [-0.1, -0.05) is 13.0 Å². The number of urea groups is 1. The molecule has 36 heavy (non-hydrogen) atoms. The van der Waals surface area contributed by atoms with Crippen LogP contribution in [-0.4, -0.2) is 79.6 Å². The Hall–Kier alpha value is -2.67. The van der Waals surface area contributed by atoms with Gasteiger partial charge in [-0.15, -0.1) is 11.3 Å². The lowest BCUT2D eigenvalue weighted by atomic mass is 9.99. The average molecular weight is 539 g/mol. The third kappa shape index (κ3) is 6.36. The summed E-state index contributed by atoms with van der Waals surface area (Å²) in [4.78, 5) is 27.2. The summed E-state index contributed by atoms with van der Waals surface area (Å²) in [5.41, 5.74) is 0.626. The van der Waals surface area contributed by atoms with Gasteiger partial charge in [0, 0.05) is 31.2 Å². The molecule has 3 amide bonds. The molecule has 1 aromatic heterocycles. The average Bonchev–Trinajstić information content (AvgIpc) is 3.36. The third-order valence-corrected chi connectivity index (χ3v) is 9.14. The number of hydrogen-bond acceptors (Lipinski definition) is 7. The molecule has 12 heteroatoms. The minimum atomic E-state index is -3.70. The van der Waals surface area contributed by atoms with E-state index in [1.165, 1.54) is 17.4 Å². The Balaban J connectivity index is 1.94. The Morgan fingerprint density at radius 2 is 2.03 bits per heavy atom. The summed E-state index contributed by atoms with van der Waals surface area (Å²) in [5, 5.41) is 17.0. The summed E-state index contributed by atoms with van der Waals surface area (Å²) in [6.45, 7) is 7.38. The minimum Gasteiger partial charge on any atom is -0.488 e. The van der Waals surface area contributed by atoms with E-state index in [0.29, 0.717) is 5.69 Å². The van der Waals surface area contributed by atoms with Crippen molar-refractivity contribution in [1.82, 2.24) is 14.5 Å². The first kappa shape index (κ1) is 27.9. The smallest absolute Gasteiger partial charge is 0.319 e. The van der Waals surface area contributed by atoms with E-state index in [1.807, 2.05) is 20.8 Å². The van der Waals surface area contributed by atoms with Gasteiger partial charge < -0.3 is 25.4 Å². The molecule has 3 rings (SSSR count). The Labute approximate surface area is 216 Å². The maximum absolute atomic E-state index is 13.5. The molecule has 10 nitrogen and oxygen atoms in total. The fraction of sp³-hybridized carbons (Fsp3) is 0.500. The van der Waals surface area contributed by atoms with Gasteiger partial charge >= 0.3 is 6.03 Å². The molecule has 198 valence electrons. The fourth-order valence-electron chi connectivity index (χ4n) is 3.86. The fourth-order valence-corrected chi connectivity index (χ4v) is 6.25. The predicted molar refractivity (Wildman–Crippen MR) is 139 cm³/mol. The molecule has 1 aromatic carbocycles. The highest BCUT2D eigenvalue weighted by Gasteiger charge is 2.35. The summed E-state index contributed by atoms with van der Waals surface area (Å²) in [7, 11) is -2.19. The van der Waals surface area contributed by atoms with Crippen LogP contribution in [0.15, 0.2) is 39.9 Å². The summed E-state index contributed by atoms with van der Waals surface area (Å²) >= 11 is 1.14. The number of sulfonamides is 1. The monoisotopic (exact) mass is 538 g/mol.